The van der Waals surface area contributed by atoms with Crippen LogP contribution in [0, 0.1) is 5.92 Å². The molecule has 0 fully saturated rings. The van der Waals surface area contributed by atoms with Gasteiger partial charge in [-0.2, -0.15) is 0 Å². The van der Waals surface area contributed by atoms with Crippen LogP contribution in [0.15, 0.2) is 0 Å². The first-order chi connectivity index (χ1) is 4.09. The second kappa shape index (κ2) is 3.72. The maximum Gasteiger partial charge on any atom is 0.238 e. The van der Waals surface area contributed by atoms with E-state index >= 15 is 0 Å². The highest BCUT2D eigenvalue weighted by Gasteiger charge is 2.16. The molecule has 0 aliphatic carbocycles. The van der Waals surface area contributed by atoms with Gasteiger partial charge in [0.1, 0.15) is 5.38 Å². The zero-order valence-corrected chi connectivity index (χ0v) is 6.70. The van der Waals surface area contributed by atoms with E-state index in [0.717, 1.165) is 0 Å². The fourth-order valence-electron chi connectivity index (χ4n) is 0.441. The molecule has 0 aliphatic heterocycles. The standard InChI is InChI=1S/C6H12ClNO/c1-4(2)5(7)6(9)8-3/h4-5H,1-3H3,(H,8,9). The Bertz CT molecular complexity index is 103. The van der Waals surface area contributed by atoms with Crippen LogP contribution in [0.2, 0.25) is 0 Å². The van der Waals surface area contributed by atoms with Gasteiger partial charge in [0.2, 0.25) is 5.91 Å². The first-order valence-corrected chi connectivity index (χ1v) is 3.39. The quantitative estimate of drug-likeness (QED) is 0.583. The third kappa shape index (κ3) is 2.70. The van der Waals surface area contributed by atoms with Crippen molar-refractivity contribution in [1.29, 1.82) is 0 Å². The SMILES string of the molecule is CNC(=O)C(Cl)C(C)C. The third-order valence-electron chi connectivity index (χ3n) is 1.08. The summed E-state index contributed by atoms with van der Waals surface area (Å²) in [4.78, 5) is 10.7. The molecule has 0 radical (unpaired) electrons. The molecule has 9 heavy (non-hydrogen) atoms. The number of rotatable bonds is 2. The van der Waals surface area contributed by atoms with Gasteiger partial charge in [-0.05, 0) is 5.92 Å². The van der Waals surface area contributed by atoms with Crippen LogP contribution >= 0.6 is 11.6 Å². The van der Waals surface area contributed by atoms with Gasteiger partial charge in [0.15, 0.2) is 0 Å². The van der Waals surface area contributed by atoms with Crippen molar-refractivity contribution in [3.8, 4) is 0 Å². The van der Waals surface area contributed by atoms with E-state index < -0.39 is 5.38 Å². The van der Waals surface area contributed by atoms with Gasteiger partial charge in [-0.15, -0.1) is 11.6 Å². The lowest BCUT2D eigenvalue weighted by molar-refractivity contribution is -0.120. The van der Waals surface area contributed by atoms with Crippen molar-refractivity contribution in [1.82, 2.24) is 5.32 Å². The van der Waals surface area contributed by atoms with Crippen LogP contribution < -0.4 is 5.32 Å². The first kappa shape index (κ1) is 8.76. The lowest BCUT2D eigenvalue weighted by atomic mass is 10.1. The average Bonchev–Trinajstić information content (AvgIpc) is 1.84. The summed E-state index contributed by atoms with van der Waals surface area (Å²) in [5, 5.41) is 2.08. The van der Waals surface area contributed by atoms with E-state index in [-0.39, 0.29) is 11.8 Å². The van der Waals surface area contributed by atoms with Crippen LogP contribution in [-0.2, 0) is 4.79 Å². The minimum absolute atomic E-state index is 0.105. The van der Waals surface area contributed by atoms with E-state index in [4.69, 9.17) is 11.6 Å². The number of carbonyl (C=O) groups is 1. The van der Waals surface area contributed by atoms with Gasteiger partial charge in [0.05, 0.1) is 0 Å². The Morgan fingerprint density at radius 1 is 1.56 bits per heavy atom. The minimum atomic E-state index is -0.394. The molecular weight excluding hydrogens is 138 g/mol. The Balaban J connectivity index is 3.72. The number of hydrogen-bond acceptors (Lipinski definition) is 1. The highest BCUT2D eigenvalue weighted by molar-refractivity contribution is 6.30. The molecule has 3 heteroatoms. The molecule has 1 atom stereocenters. The molecule has 0 aromatic rings. The average molecular weight is 150 g/mol. The van der Waals surface area contributed by atoms with Crippen molar-refractivity contribution in [2.24, 2.45) is 5.92 Å². The molecule has 0 rings (SSSR count). The van der Waals surface area contributed by atoms with E-state index in [9.17, 15) is 4.79 Å². The monoisotopic (exact) mass is 149 g/mol. The van der Waals surface area contributed by atoms with Crippen LogP contribution in [0.25, 0.3) is 0 Å². The predicted octanol–water partition coefficient (Wildman–Crippen LogP) is 0.996. The summed E-state index contributed by atoms with van der Waals surface area (Å²) in [5.41, 5.74) is 0. The molecule has 54 valence electrons. The molecule has 0 saturated heterocycles. The van der Waals surface area contributed by atoms with Crippen molar-refractivity contribution >= 4 is 17.5 Å². The van der Waals surface area contributed by atoms with Crippen molar-refractivity contribution in [3.05, 3.63) is 0 Å². The molecule has 0 saturated carbocycles. The molecule has 1 amide bonds. The Kier molecular flexibility index (Phi) is 3.62. The minimum Gasteiger partial charge on any atom is -0.358 e. The van der Waals surface area contributed by atoms with Crippen molar-refractivity contribution in [2.45, 2.75) is 19.2 Å². The van der Waals surface area contributed by atoms with Gasteiger partial charge in [-0.25, -0.2) is 0 Å². The summed E-state index contributed by atoms with van der Waals surface area (Å²) in [6.45, 7) is 3.82. The van der Waals surface area contributed by atoms with Gasteiger partial charge in [0.25, 0.3) is 0 Å². The van der Waals surface area contributed by atoms with Crippen molar-refractivity contribution < 1.29 is 4.79 Å². The van der Waals surface area contributed by atoms with Crippen LogP contribution in [-0.4, -0.2) is 18.3 Å². The molecule has 0 aromatic heterocycles. The lowest BCUT2D eigenvalue weighted by Gasteiger charge is -2.09. The molecule has 1 N–H and O–H groups in total. The molecule has 0 bridgehead atoms. The Hall–Kier alpha value is -0.240. The van der Waals surface area contributed by atoms with E-state index in [2.05, 4.69) is 5.32 Å². The fraction of sp³-hybridized carbons (Fsp3) is 0.833. The molecule has 0 heterocycles. The normalized spacial score (nSPS) is 13.4. The topological polar surface area (TPSA) is 29.1 Å². The van der Waals surface area contributed by atoms with E-state index in [1.54, 1.807) is 7.05 Å². The zero-order chi connectivity index (χ0) is 7.44. The second-order valence-corrected chi connectivity index (χ2v) is 2.73. The summed E-state index contributed by atoms with van der Waals surface area (Å²) >= 11 is 5.65. The summed E-state index contributed by atoms with van der Waals surface area (Å²) < 4.78 is 0. The number of hydrogen-bond donors (Lipinski definition) is 1. The molecule has 0 aliphatic rings. The molecule has 2 nitrogen and oxygen atoms in total. The van der Waals surface area contributed by atoms with E-state index in [0.29, 0.717) is 0 Å². The largest absolute Gasteiger partial charge is 0.358 e. The summed E-state index contributed by atoms with van der Waals surface area (Å²) in [5.74, 6) is 0.0956. The summed E-state index contributed by atoms with van der Waals surface area (Å²) in [6.07, 6.45) is 0. The number of alkyl halides is 1. The molecular formula is C6H12ClNO. The Morgan fingerprint density at radius 3 is 2.11 bits per heavy atom. The van der Waals surface area contributed by atoms with E-state index in [1.807, 2.05) is 13.8 Å². The smallest absolute Gasteiger partial charge is 0.238 e. The molecule has 0 spiro atoms. The maximum atomic E-state index is 10.7. The van der Waals surface area contributed by atoms with E-state index in [1.165, 1.54) is 0 Å². The molecule has 0 aromatic carbocycles. The van der Waals surface area contributed by atoms with Gasteiger partial charge in [-0.3, -0.25) is 4.79 Å². The van der Waals surface area contributed by atoms with Crippen LogP contribution in [0.1, 0.15) is 13.8 Å². The summed E-state index contributed by atoms with van der Waals surface area (Å²) in [7, 11) is 1.58. The van der Waals surface area contributed by atoms with Gasteiger partial charge >= 0.3 is 0 Å². The van der Waals surface area contributed by atoms with Crippen LogP contribution in [0.5, 0.6) is 0 Å². The second-order valence-electron chi connectivity index (χ2n) is 2.26. The lowest BCUT2D eigenvalue weighted by Crippen LogP contribution is -2.31. The van der Waals surface area contributed by atoms with Gasteiger partial charge in [-0.1, -0.05) is 13.8 Å². The number of carbonyl (C=O) groups excluding carboxylic acids is 1. The highest BCUT2D eigenvalue weighted by Crippen LogP contribution is 2.08. The van der Waals surface area contributed by atoms with Crippen molar-refractivity contribution in [3.63, 3.8) is 0 Å². The Labute approximate surface area is 60.6 Å². The third-order valence-corrected chi connectivity index (χ3v) is 1.78. The van der Waals surface area contributed by atoms with Crippen LogP contribution in [0.3, 0.4) is 0 Å². The van der Waals surface area contributed by atoms with Gasteiger partial charge < -0.3 is 5.32 Å². The number of amides is 1. The maximum absolute atomic E-state index is 10.7. The molecule has 1 unspecified atom stereocenters. The van der Waals surface area contributed by atoms with Gasteiger partial charge in [0, 0.05) is 7.05 Å². The fourth-order valence-corrected chi connectivity index (χ4v) is 0.550. The highest BCUT2D eigenvalue weighted by atomic mass is 35.5. The van der Waals surface area contributed by atoms with Crippen molar-refractivity contribution in [2.75, 3.05) is 7.05 Å². The predicted molar refractivity (Wildman–Crippen MR) is 38.5 cm³/mol. The number of halogens is 1. The summed E-state index contributed by atoms with van der Waals surface area (Å²) in [6, 6.07) is 0. The Morgan fingerprint density at radius 2 is 2.00 bits per heavy atom. The zero-order valence-electron chi connectivity index (χ0n) is 5.94. The number of nitrogens with one attached hydrogen (secondary N) is 1. The van der Waals surface area contributed by atoms with Crippen LogP contribution in [0.4, 0.5) is 0 Å². The first-order valence-electron chi connectivity index (χ1n) is 2.95.